The number of rotatable bonds is 4. The van der Waals surface area contributed by atoms with E-state index in [1.54, 1.807) is 0 Å². The molecule has 0 aromatic heterocycles. The maximum Gasteiger partial charge on any atom is 0.00940 e. The predicted octanol–water partition coefficient (Wildman–Crippen LogP) is 3.45. The lowest BCUT2D eigenvalue weighted by molar-refractivity contribution is 0.226. The van der Waals surface area contributed by atoms with Crippen molar-refractivity contribution in [1.82, 2.24) is 10.2 Å². The molecule has 0 saturated carbocycles. The SMILES string of the molecule is C[C@H](Cc1ccc2ccccc2c1)NC1CCN(C)CC1. The maximum atomic E-state index is 3.81. The molecule has 1 aliphatic rings. The molecule has 0 radical (unpaired) electrons. The molecule has 1 atom stereocenters. The van der Waals surface area contributed by atoms with Gasteiger partial charge in [0.25, 0.3) is 0 Å². The Hall–Kier alpha value is -1.38. The monoisotopic (exact) mass is 282 g/mol. The fraction of sp³-hybridized carbons (Fsp3) is 0.474. The van der Waals surface area contributed by atoms with Crippen molar-refractivity contribution in [2.24, 2.45) is 0 Å². The number of hydrogen-bond donors (Lipinski definition) is 1. The van der Waals surface area contributed by atoms with E-state index in [1.807, 2.05) is 0 Å². The van der Waals surface area contributed by atoms with Gasteiger partial charge in [-0.25, -0.2) is 0 Å². The molecular weight excluding hydrogens is 256 g/mol. The highest BCUT2D eigenvalue weighted by molar-refractivity contribution is 5.82. The Morgan fingerprint density at radius 1 is 1.10 bits per heavy atom. The minimum atomic E-state index is 0.541. The van der Waals surface area contributed by atoms with E-state index in [0.29, 0.717) is 12.1 Å². The van der Waals surface area contributed by atoms with Crippen molar-refractivity contribution in [2.75, 3.05) is 20.1 Å². The van der Waals surface area contributed by atoms with Crippen LogP contribution < -0.4 is 5.32 Å². The molecule has 1 saturated heterocycles. The largest absolute Gasteiger partial charge is 0.311 e. The summed E-state index contributed by atoms with van der Waals surface area (Å²) >= 11 is 0. The van der Waals surface area contributed by atoms with E-state index >= 15 is 0 Å². The average molecular weight is 282 g/mol. The summed E-state index contributed by atoms with van der Waals surface area (Å²) in [5.41, 5.74) is 1.43. The van der Waals surface area contributed by atoms with Crippen LogP contribution in [0.4, 0.5) is 0 Å². The Kier molecular flexibility index (Phi) is 4.57. The molecule has 3 rings (SSSR count). The van der Waals surface area contributed by atoms with Gasteiger partial charge in [0.15, 0.2) is 0 Å². The molecule has 1 aliphatic heterocycles. The third-order valence-corrected chi connectivity index (χ3v) is 4.59. The molecule has 112 valence electrons. The van der Waals surface area contributed by atoms with E-state index in [0.717, 1.165) is 6.42 Å². The number of hydrogen-bond acceptors (Lipinski definition) is 2. The van der Waals surface area contributed by atoms with Crippen molar-refractivity contribution in [2.45, 2.75) is 38.3 Å². The number of piperidine rings is 1. The van der Waals surface area contributed by atoms with Crippen LogP contribution in [0.5, 0.6) is 0 Å². The van der Waals surface area contributed by atoms with Crippen LogP contribution in [0, 0.1) is 0 Å². The minimum Gasteiger partial charge on any atom is -0.311 e. The third kappa shape index (κ3) is 3.84. The summed E-state index contributed by atoms with van der Waals surface area (Å²) < 4.78 is 0. The highest BCUT2D eigenvalue weighted by atomic mass is 15.1. The Bertz CT molecular complexity index is 585. The van der Waals surface area contributed by atoms with Gasteiger partial charge in [0.2, 0.25) is 0 Å². The molecule has 0 bridgehead atoms. The smallest absolute Gasteiger partial charge is 0.00940 e. The van der Waals surface area contributed by atoms with Gasteiger partial charge in [0.05, 0.1) is 0 Å². The Morgan fingerprint density at radius 2 is 1.81 bits per heavy atom. The zero-order valence-corrected chi connectivity index (χ0v) is 13.2. The molecule has 2 heteroatoms. The molecule has 1 N–H and O–H groups in total. The first-order valence-corrected chi connectivity index (χ1v) is 8.13. The van der Waals surface area contributed by atoms with Gasteiger partial charge in [-0.3, -0.25) is 0 Å². The van der Waals surface area contributed by atoms with Crippen LogP contribution in [0.25, 0.3) is 10.8 Å². The van der Waals surface area contributed by atoms with E-state index in [-0.39, 0.29) is 0 Å². The number of nitrogens with zero attached hydrogens (tertiary/aromatic N) is 1. The Labute approximate surface area is 128 Å². The van der Waals surface area contributed by atoms with Crippen molar-refractivity contribution < 1.29 is 0 Å². The normalized spacial score (nSPS) is 19.0. The highest BCUT2D eigenvalue weighted by Crippen LogP contribution is 2.17. The maximum absolute atomic E-state index is 3.81. The second kappa shape index (κ2) is 6.59. The molecule has 0 aliphatic carbocycles. The third-order valence-electron chi connectivity index (χ3n) is 4.59. The summed E-state index contributed by atoms with van der Waals surface area (Å²) in [5, 5.41) is 6.49. The summed E-state index contributed by atoms with van der Waals surface area (Å²) in [5.74, 6) is 0. The number of likely N-dealkylation sites (tertiary alicyclic amines) is 1. The van der Waals surface area contributed by atoms with E-state index in [2.05, 4.69) is 66.7 Å². The first-order chi connectivity index (χ1) is 10.2. The number of benzene rings is 2. The van der Waals surface area contributed by atoms with Crippen LogP contribution in [0.15, 0.2) is 42.5 Å². The molecule has 1 heterocycles. The number of nitrogens with one attached hydrogen (secondary N) is 1. The lowest BCUT2D eigenvalue weighted by Crippen LogP contribution is -2.44. The molecule has 21 heavy (non-hydrogen) atoms. The Balaban J connectivity index is 1.59. The van der Waals surface area contributed by atoms with Crippen molar-refractivity contribution >= 4 is 10.8 Å². The number of fused-ring (bicyclic) bond motifs is 1. The molecule has 2 aromatic rings. The fourth-order valence-electron chi connectivity index (χ4n) is 3.36. The van der Waals surface area contributed by atoms with Crippen LogP contribution in [0.2, 0.25) is 0 Å². The first-order valence-electron chi connectivity index (χ1n) is 8.13. The van der Waals surface area contributed by atoms with Gasteiger partial charge in [-0.2, -0.15) is 0 Å². The van der Waals surface area contributed by atoms with E-state index < -0.39 is 0 Å². The Morgan fingerprint density at radius 3 is 2.57 bits per heavy atom. The molecule has 2 aromatic carbocycles. The van der Waals surface area contributed by atoms with Crippen molar-refractivity contribution in [3.63, 3.8) is 0 Å². The van der Waals surface area contributed by atoms with Crippen LogP contribution in [-0.4, -0.2) is 37.1 Å². The van der Waals surface area contributed by atoms with Gasteiger partial charge in [-0.1, -0.05) is 42.5 Å². The zero-order chi connectivity index (χ0) is 14.7. The van der Waals surface area contributed by atoms with Gasteiger partial charge in [-0.05, 0) is 62.7 Å². The lowest BCUT2D eigenvalue weighted by atomic mass is 10.00. The summed E-state index contributed by atoms with van der Waals surface area (Å²) in [6, 6.07) is 16.7. The predicted molar refractivity (Wildman–Crippen MR) is 90.8 cm³/mol. The molecule has 0 spiro atoms. The summed E-state index contributed by atoms with van der Waals surface area (Å²) in [6.45, 7) is 4.76. The van der Waals surface area contributed by atoms with E-state index in [9.17, 15) is 0 Å². The topological polar surface area (TPSA) is 15.3 Å². The second-order valence-electron chi connectivity index (χ2n) is 6.53. The van der Waals surface area contributed by atoms with Gasteiger partial charge in [0.1, 0.15) is 0 Å². The van der Waals surface area contributed by atoms with Crippen LogP contribution >= 0.6 is 0 Å². The van der Waals surface area contributed by atoms with Gasteiger partial charge >= 0.3 is 0 Å². The van der Waals surface area contributed by atoms with Crippen LogP contribution in [0.3, 0.4) is 0 Å². The average Bonchev–Trinajstić information content (AvgIpc) is 2.49. The van der Waals surface area contributed by atoms with Gasteiger partial charge in [-0.15, -0.1) is 0 Å². The van der Waals surface area contributed by atoms with E-state index in [4.69, 9.17) is 0 Å². The van der Waals surface area contributed by atoms with Crippen molar-refractivity contribution in [1.29, 1.82) is 0 Å². The van der Waals surface area contributed by atoms with Crippen LogP contribution in [0.1, 0.15) is 25.3 Å². The highest BCUT2D eigenvalue weighted by Gasteiger charge is 2.18. The van der Waals surface area contributed by atoms with E-state index in [1.165, 1.54) is 42.3 Å². The molecule has 2 nitrogen and oxygen atoms in total. The quantitative estimate of drug-likeness (QED) is 0.924. The minimum absolute atomic E-state index is 0.541. The first kappa shape index (κ1) is 14.6. The summed E-state index contributed by atoms with van der Waals surface area (Å²) in [6.07, 6.45) is 3.66. The molecular formula is C19H26N2. The van der Waals surface area contributed by atoms with Crippen molar-refractivity contribution in [3.8, 4) is 0 Å². The lowest BCUT2D eigenvalue weighted by Gasteiger charge is -2.31. The zero-order valence-electron chi connectivity index (χ0n) is 13.2. The second-order valence-corrected chi connectivity index (χ2v) is 6.53. The van der Waals surface area contributed by atoms with Crippen molar-refractivity contribution in [3.05, 3.63) is 48.0 Å². The van der Waals surface area contributed by atoms with Gasteiger partial charge < -0.3 is 10.2 Å². The van der Waals surface area contributed by atoms with Crippen LogP contribution in [-0.2, 0) is 6.42 Å². The summed E-state index contributed by atoms with van der Waals surface area (Å²) in [4.78, 5) is 2.42. The summed E-state index contributed by atoms with van der Waals surface area (Å²) in [7, 11) is 2.22. The standard InChI is InChI=1S/C19H26N2/c1-15(20-19-9-11-21(2)12-10-19)13-16-7-8-17-5-3-4-6-18(17)14-16/h3-8,14-15,19-20H,9-13H2,1-2H3/t15-/m1/s1. The van der Waals surface area contributed by atoms with Gasteiger partial charge in [0, 0.05) is 12.1 Å². The molecule has 0 unspecified atom stereocenters. The molecule has 1 fully saturated rings. The fourth-order valence-corrected chi connectivity index (χ4v) is 3.36. The molecule has 0 amide bonds.